The van der Waals surface area contributed by atoms with E-state index in [9.17, 15) is 0 Å². The molecular formula is C12H17BrN4. The number of piperidine rings is 1. The SMILES string of the molecule is N=C(N)C1CCN(Cc2ccc(Br)cn2)CC1. The van der Waals surface area contributed by atoms with Gasteiger partial charge in [0.2, 0.25) is 0 Å². The predicted octanol–water partition coefficient (Wildman–Crippen LogP) is 1.99. The van der Waals surface area contributed by atoms with Crippen molar-refractivity contribution in [1.82, 2.24) is 9.88 Å². The number of pyridine rings is 1. The number of nitrogens with zero attached hydrogens (tertiary/aromatic N) is 2. The van der Waals surface area contributed by atoms with Crippen LogP contribution in [0.2, 0.25) is 0 Å². The number of nitrogens with two attached hydrogens (primary N) is 1. The summed E-state index contributed by atoms with van der Waals surface area (Å²) >= 11 is 3.38. The Bertz CT molecular complexity index is 382. The van der Waals surface area contributed by atoms with E-state index in [1.54, 1.807) is 0 Å². The summed E-state index contributed by atoms with van der Waals surface area (Å²) in [4.78, 5) is 6.74. The summed E-state index contributed by atoms with van der Waals surface area (Å²) in [5.74, 6) is 0.621. The van der Waals surface area contributed by atoms with Crippen molar-refractivity contribution in [2.45, 2.75) is 19.4 Å². The van der Waals surface area contributed by atoms with Gasteiger partial charge in [0, 0.05) is 23.1 Å². The van der Waals surface area contributed by atoms with Crippen molar-refractivity contribution in [2.24, 2.45) is 11.7 Å². The van der Waals surface area contributed by atoms with Crippen LogP contribution in [0.25, 0.3) is 0 Å². The van der Waals surface area contributed by atoms with Gasteiger partial charge in [-0.25, -0.2) is 0 Å². The first-order valence-electron chi connectivity index (χ1n) is 5.82. The molecule has 0 radical (unpaired) electrons. The van der Waals surface area contributed by atoms with Crippen molar-refractivity contribution in [3.63, 3.8) is 0 Å². The normalized spacial score (nSPS) is 18.2. The molecule has 2 rings (SSSR count). The van der Waals surface area contributed by atoms with Crippen LogP contribution in [0.3, 0.4) is 0 Å². The Morgan fingerprint density at radius 3 is 2.71 bits per heavy atom. The molecule has 0 bridgehead atoms. The van der Waals surface area contributed by atoms with Crippen molar-refractivity contribution >= 4 is 21.8 Å². The second-order valence-electron chi connectivity index (χ2n) is 4.47. The first-order chi connectivity index (χ1) is 8.15. The fourth-order valence-electron chi connectivity index (χ4n) is 2.13. The van der Waals surface area contributed by atoms with Gasteiger partial charge in [-0.3, -0.25) is 15.3 Å². The molecule has 1 aromatic heterocycles. The monoisotopic (exact) mass is 296 g/mol. The molecule has 92 valence electrons. The number of likely N-dealkylation sites (tertiary alicyclic amines) is 1. The molecule has 1 aromatic rings. The van der Waals surface area contributed by atoms with E-state index in [0.717, 1.165) is 42.6 Å². The van der Waals surface area contributed by atoms with Crippen LogP contribution in [-0.2, 0) is 6.54 Å². The molecule has 5 heteroatoms. The maximum Gasteiger partial charge on any atom is 0.0937 e. The van der Waals surface area contributed by atoms with Gasteiger partial charge in [0.1, 0.15) is 0 Å². The van der Waals surface area contributed by atoms with Crippen LogP contribution in [0.4, 0.5) is 0 Å². The second kappa shape index (κ2) is 5.60. The van der Waals surface area contributed by atoms with E-state index in [1.807, 2.05) is 18.3 Å². The van der Waals surface area contributed by atoms with Crippen LogP contribution in [0.1, 0.15) is 18.5 Å². The van der Waals surface area contributed by atoms with Crippen molar-refractivity contribution < 1.29 is 0 Å². The average Bonchev–Trinajstić information content (AvgIpc) is 2.33. The molecular weight excluding hydrogens is 280 g/mol. The van der Waals surface area contributed by atoms with Gasteiger partial charge in [-0.05, 0) is 54.0 Å². The highest BCUT2D eigenvalue weighted by Gasteiger charge is 2.21. The molecule has 0 saturated carbocycles. The van der Waals surface area contributed by atoms with Crippen molar-refractivity contribution in [3.05, 3.63) is 28.5 Å². The molecule has 1 saturated heterocycles. The zero-order valence-corrected chi connectivity index (χ0v) is 11.3. The first-order valence-corrected chi connectivity index (χ1v) is 6.61. The van der Waals surface area contributed by atoms with Crippen LogP contribution < -0.4 is 5.73 Å². The molecule has 0 amide bonds. The van der Waals surface area contributed by atoms with Gasteiger partial charge in [-0.2, -0.15) is 0 Å². The fourth-order valence-corrected chi connectivity index (χ4v) is 2.37. The molecule has 2 heterocycles. The lowest BCUT2D eigenvalue weighted by molar-refractivity contribution is 0.199. The Labute approximate surface area is 110 Å². The Morgan fingerprint density at radius 2 is 2.18 bits per heavy atom. The van der Waals surface area contributed by atoms with Crippen molar-refractivity contribution in [1.29, 1.82) is 5.41 Å². The van der Waals surface area contributed by atoms with Crippen molar-refractivity contribution in [2.75, 3.05) is 13.1 Å². The Morgan fingerprint density at radius 1 is 1.47 bits per heavy atom. The quantitative estimate of drug-likeness (QED) is 0.662. The summed E-state index contributed by atoms with van der Waals surface area (Å²) in [5, 5.41) is 7.44. The third-order valence-corrected chi connectivity index (χ3v) is 3.67. The lowest BCUT2D eigenvalue weighted by Crippen LogP contribution is -2.38. The molecule has 1 aliphatic rings. The number of hydrogen-bond acceptors (Lipinski definition) is 3. The summed E-state index contributed by atoms with van der Waals surface area (Å²) < 4.78 is 1.01. The third kappa shape index (κ3) is 3.51. The molecule has 0 aliphatic carbocycles. The number of halogens is 1. The first kappa shape index (κ1) is 12.5. The number of hydrogen-bond donors (Lipinski definition) is 2. The standard InChI is InChI=1S/C12H17BrN4/c13-10-1-2-11(16-7-10)8-17-5-3-9(4-6-17)12(14)15/h1-2,7,9H,3-6,8H2,(H3,14,15). The van der Waals surface area contributed by atoms with Crippen LogP contribution in [0.5, 0.6) is 0 Å². The van der Waals surface area contributed by atoms with Gasteiger partial charge >= 0.3 is 0 Å². The summed E-state index contributed by atoms with van der Waals surface area (Å²) in [6.07, 6.45) is 3.81. The topological polar surface area (TPSA) is 66.0 Å². The van der Waals surface area contributed by atoms with E-state index in [4.69, 9.17) is 11.1 Å². The largest absolute Gasteiger partial charge is 0.387 e. The van der Waals surface area contributed by atoms with E-state index in [-0.39, 0.29) is 5.92 Å². The Balaban J connectivity index is 1.85. The molecule has 1 aliphatic heterocycles. The van der Waals surface area contributed by atoms with E-state index in [2.05, 4.69) is 25.8 Å². The number of amidine groups is 1. The second-order valence-corrected chi connectivity index (χ2v) is 5.39. The predicted molar refractivity (Wildman–Crippen MR) is 71.9 cm³/mol. The van der Waals surface area contributed by atoms with Crippen LogP contribution in [0, 0.1) is 11.3 Å². The van der Waals surface area contributed by atoms with E-state index in [0.29, 0.717) is 5.84 Å². The zero-order valence-electron chi connectivity index (χ0n) is 9.69. The minimum Gasteiger partial charge on any atom is -0.387 e. The maximum atomic E-state index is 7.44. The summed E-state index contributed by atoms with van der Waals surface area (Å²) in [6, 6.07) is 4.06. The van der Waals surface area contributed by atoms with Crippen molar-refractivity contribution in [3.8, 4) is 0 Å². The highest BCUT2D eigenvalue weighted by atomic mass is 79.9. The van der Waals surface area contributed by atoms with Crippen LogP contribution in [-0.4, -0.2) is 28.8 Å². The number of rotatable bonds is 3. The van der Waals surface area contributed by atoms with Gasteiger partial charge < -0.3 is 5.73 Å². The van der Waals surface area contributed by atoms with E-state index < -0.39 is 0 Å². The smallest absolute Gasteiger partial charge is 0.0937 e. The molecule has 4 nitrogen and oxygen atoms in total. The molecule has 0 unspecified atom stereocenters. The molecule has 1 fully saturated rings. The lowest BCUT2D eigenvalue weighted by Gasteiger charge is -2.30. The number of nitrogens with one attached hydrogen (secondary N) is 1. The lowest BCUT2D eigenvalue weighted by atomic mass is 9.96. The highest BCUT2D eigenvalue weighted by molar-refractivity contribution is 9.10. The van der Waals surface area contributed by atoms with E-state index >= 15 is 0 Å². The zero-order chi connectivity index (χ0) is 12.3. The molecule has 0 spiro atoms. The summed E-state index contributed by atoms with van der Waals surface area (Å²) in [7, 11) is 0. The Hall–Kier alpha value is -0.940. The van der Waals surface area contributed by atoms with E-state index in [1.165, 1.54) is 0 Å². The molecule has 17 heavy (non-hydrogen) atoms. The minimum absolute atomic E-state index is 0.282. The maximum absolute atomic E-state index is 7.44. The summed E-state index contributed by atoms with van der Waals surface area (Å²) in [6.45, 7) is 2.89. The van der Waals surface area contributed by atoms with Gasteiger partial charge in [0.05, 0.1) is 11.5 Å². The third-order valence-electron chi connectivity index (χ3n) is 3.20. The highest BCUT2D eigenvalue weighted by Crippen LogP contribution is 2.18. The fraction of sp³-hybridized carbons (Fsp3) is 0.500. The molecule has 0 aromatic carbocycles. The van der Waals surface area contributed by atoms with Gasteiger partial charge in [-0.15, -0.1) is 0 Å². The summed E-state index contributed by atoms with van der Waals surface area (Å²) in [5.41, 5.74) is 6.62. The van der Waals surface area contributed by atoms with Gasteiger partial charge in [0.15, 0.2) is 0 Å². The number of aromatic nitrogens is 1. The van der Waals surface area contributed by atoms with Crippen LogP contribution in [0.15, 0.2) is 22.8 Å². The molecule has 0 atom stereocenters. The molecule has 3 N–H and O–H groups in total. The average molecular weight is 297 g/mol. The van der Waals surface area contributed by atoms with Crippen LogP contribution >= 0.6 is 15.9 Å². The Kier molecular flexibility index (Phi) is 4.12. The van der Waals surface area contributed by atoms with Gasteiger partial charge in [0.25, 0.3) is 0 Å². The van der Waals surface area contributed by atoms with Gasteiger partial charge in [-0.1, -0.05) is 0 Å². The minimum atomic E-state index is 0.282.